The molecule has 1 saturated heterocycles. The third-order valence-electron chi connectivity index (χ3n) is 3.25. The first kappa shape index (κ1) is 10.5. The SMILES string of the molecule is Cn1cc(-c2cnc(CC3CCCN3)[nH]2)cn1. The van der Waals surface area contributed by atoms with E-state index < -0.39 is 0 Å². The third kappa shape index (κ3) is 2.24. The highest BCUT2D eigenvalue weighted by Gasteiger charge is 2.16. The molecular weight excluding hydrogens is 214 g/mol. The van der Waals surface area contributed by atoms with Gasteiger partial charge in [0, 0.05) is 31.3 Å². The number of hydrogen-bond donors (Lipinski definition) is 2. The molecule has 5 heteroatoms. The molecule has 0 aliphatic carbocycles. The number of hydrogen-bond acceptors (Lipinski definition) is 3. The zero-order valence-corrected chi connectivity index (χ0v) is 9.98. The molecule has 1 aliphatic rings. The van der Waals surface area contributed by atoms with Gasteiger partial charge in [-0.25, -0.2) is 4.98 Å². The molecular formula is C12H17N5. The molecule has 0 radical (unpaired) electrons. The maximum absolute atomic E-state index is 4.43. The Morgan fingerprint density at radius 1 is 1.47 bits per heavy atom. The molecule has 2 aromatic rings. The van der Waals surface area contributed by atoms with E-state index in [1.807, 2.05) is 25.6 Å². The van der Waals surface area contributed by atoms with E-state index in [9.17, 15) is 0 Å². The number of aromatic nitrogens is 4. The smallest absolute Gasteiger partial charge is 0.108 e. The number of nitrogens with zero attached hydrogens (tertiary/aromatic N) is 3. The van der Waals surface area contributed by atoms with E-state index in [-0.39, 0.29) is 0 Å². The summed E-state index contributed by atoms with van der Waals surface area (Å²) in [4.78, 5) is 7.80. The van der Waals surface area contributed by atoms with Crippen LogP contribution < -0.4 is 5.32 Å². The van der Waals surface area contributed by atoms with Gasteiger partial charge in [-0.3, -0.25) is 4.68 Å². The molecule has 2 aromatic heterocycles. The maximum Gasteiger partial charge on any atom is 0.108 e. The normalized spacial score (nSPS) is 19.9. The van der Waals surface area contributed by atoms with Gasteiger partial charge in [0.1, 0.15) is 5.82 Å². The molecule has 2 N–H and O–H groups in total. The zero-order valence-electron chi connectivity index (χ0n) is 9.98. The Bertz CT molecular complexity index is 492. The van der Waals surface area contributed by atoms with E-state index in [1.54, 1.807) is 4.68 Å². The van der Waals surface area contributed by atoms with Crippen LogP contribution in [-0.2, 0) is 13.5 Å². The van der Waals surface area contributed by atoms with Crippen molar-refractivity contribution in [2.45, 2.75) is 25.3 Å². The summed E-state index contributed by atoms with van der Waals surface area (Å²) in [5, 5.41) is 7.64. The Hall–Kier alpha value is -1.62. The second-order valence-corrected chi connectivity index (χ2v) is 4.64. The molecule has 3 rings (SSSR count). The first-order chi connectivity index (χ1) is 8.31. The van der Waals surface area contributed by atoms with Crippen LogP contribution in [0, 0.1) is 0 Å². The predicted molar refractivity (Wildman–Crippen MR) is 65.5 cm³/mol. The van der Waals surface area contributed by atoms with E-state index in [2.05, 4.69) is 20.4 Å². The second kappa shape index (κ2) is 4.33. The lowest BCUT2D eigenvalue weighted by molar-refractivity contribution is 0.589. The first-order valence-corrected chi connectivity index (χ1v) is 6.07. The number of imidazole rings is 1. The number of nitrogens with one attached hydrogen (secondary N) is 2. The number of aromatic amines is 1. The van der Waals surface area contributed by atoms with Gasteiger partial charge in [0.2, 0.25) is 0 Å². The van der Waals surface area contributed by atoms with Crippen LogP contribution in [-0.4, -0.2) is 32.3 Å². The van der Waals surface area contributed by atoms with Gasteiger partial charge in [0.15, 0.2) is 0 Å². The minimum absolute atomic E-state index is 0.586. The highest BCUT2D eigenvalue weighted by atomic mass is 15.2. The lowest BCUT2D eigenvalue weighted by atomic mass is 10.1. The molecule has 17 heavy (non-hydrogen) atoms. The molecule has 1 unspecified atom stereocenters. The Morgan fingerprint density at radius 3 is 3.12 bits per heavy atom. The van der Waals surface area contributed by atoms with Crippen LogP contribution in [0.3, 0.4) is 0 Å². The zero-order chi connectivity index (χ0) is 11.7. The molecule has 3 heterocycles. The van der Waals surface area contributed by atoms with Gasteiger partial charge < -0.3 is 10.3 Å². The van der Waals surface area contributed by atoms with Crippen molar-refractivity contribution < 1.29 is 0 Å². The number of rotatable bonds is 3. The monoisotopic (exact) mass is 231 g/mol. The van der Waals surface area contributed by atoms with E-state index in [0.717, 1.165) is 30.0 Å². The highest BCUT2D eigenvalue weighted by Crippen LogP contribution is 2.17. The second-order valence-electron chi connectivity index (χ2n) is 4.64. The number of aryl methyl sites for hydroxylation is 1. The van der Waals surface area contributed by atoms with Crippen LogP contribution >= 0.6 is 0 Å². The van der Waals surface area contributed by atoms with Crippen LogP contribution in [0.5, 0.6) is 0 Å². The van der Waals surface area contributed by atoms with Crippen molar-refractivity contribution in [3.63, 3.8) is 0 Å². The van der Waals surface area contributed by atoms with Crippen LogP contribution in [0.15, 0.2) is 18.6 Å². The minimum atomic E-state index is 0.586. The largest absolute Gasteiger partial charge is 0.342 e. The van der Waals surface area contributed by atoms with Gasteiger partial charge in [-0.2, -0.15) is 5.10 Å². The summed E-state index contributed by atoms with van der Waals surface area (Å²) in [5.41, 5.74) is 2.14. The first-order valence-electron chi connectivity index (χ1n) is 6.07. The topological polar surface area (TPSA) is 58.5 Å². The van der Waals surface area contributed by atoms with Crippen LogP contribution in [0.2, 0.25) is 0 Å². The lowest BCUT2D eigenvalue weighted by Gasteiger charge is -2.06. The van der Waals surface area contributed by atoms with Gasteiger partial charge in [0.05, 0.1) is 18.1 Å². The molecule has 0 amide bonds. The van der Waals surface area contributed by atoms with Crippen molar-refractivity contribution >= 4 is 0 Å². The Labute approximate surface area is 100 Å². The highest BCUT2D eigenvalue weighted by molar-refractivity contribution is 5.55. The fourth-order valence-corrected chi connectivity index (χ4v) is 2.34. The summed E-state index contributed by atoms with van der Waals surface area (Å²) in [6.07, 6.45) is 9.25. The van der Waals surface area contributed by atoms with Crippen molar-refractivity contribution in [3.8, 4) is 11.3 Å². The van der Waals surface area contributed by atoms with Crippen LogP contribution in [0.4, 0.5) is 0 Å². The Kier molecular flexibility index (Phi) is 2.68. The molecule has 0 saturated carbocycles. The fraction of sp³-hybridized carbons (Fsp3) is 0.500. The molecule has 90 valence electrons. The van der Waals surface area contributed by atoms with Gasteiger partial charge in [-0.1, -0.05) is 0 Å². The number of H-pyrrole nitrogens is 1. The molecule has 0 aromatic carbocycles. The summed E-state index contributed by atoms with van der Waals surface area (Å²) < 4.78 is 1.80. The summed E-state index contributed by atoms with van der Waals surface area (Å²) in [6, 6.07) is 0.586. The summed E-state index contributed by atoms with van der Waals surface area (Å²) >= 11 is 0. The summed E-state index contributed by atoms with van der Waals surface area (Å²) in [5.74, 6) is 1.06. The maximum atomic E-state index is 4.43. The molecule has 0 bridgehead atoms. The van der Waals surface area contributed by atoms with Gasteiger partial charge >= 0.3 is 0 Å². The summed E-state index contributed by atoms with van der Waals surface area (Å²) in [6.45, 7) is 1.14. The molecule has 1 atom stereocenters. The van der Waals surface area contributed by atoms with Crippen molar-refractivity contribution in [3.05, 3.63) is 24.4 Å². The van der Waals surface area contributed by atoms with Crippen molar-refractivity contribution in [1.82, 2.24) is 25.1 Å². The van der Waals surface area contributed by atoms with E-state index in [0.29, 0.717) is 6.04 Å². The van der Waals surface area contributed by atoms with Crippen molar-refractivity contribution in [1.29, 1.82) is 0 Å². The fourth-order valence-electron chi connectivity index (χ4n) is 2.34. The van der Waals surface area contributed by atoms with E-state index in [1.165, 1.54) is 12.8 Å². The van der Waals surface area contributed by atoms with Crippen molar-refractivity contribution in [2.75, 3.05) is 6.54 Å². The lowest BCUT2D eigenvalue weighted by Crippen LogP contribution is -2.24. The molecule has 0 spiro atoms. The minimum Gasteiger partial charge on any atom is -0.342 e. The van der Waals surface area contributed by atoms with Crippen LogP contribution in [0.1, 0.15) is 18.7 Å². The van der Waals surface area contributed by atoms with Crippen molar-refractivity contribution in [2.24, 2.45) is 7.05 Å². The van der Waals surface area contributed by atoms with Gasteiger partial charge in [-0.15, -0.1) is 0 Å². The third-order valence-corrected chi connectivity index (χ3v) is 3.25. The van der Waals surface area contributed by atoms with Crippen LogP contribution in [0.25, 0.3) is 11.3 Å². The van der Waals surface area contributed by atoms with E-state index >= 15 is 0 Å². The predicted octanol–water partition coefficient (Wildman–Crippen LogP) is 1.10. The van der Waals surface area contributed by atoms with Gasteiger partial charge in [0.25, 0.3) is 0 Å². The quantitative estimate of drug-likeness (QED) is 0.831. The average molecular weight is 231 g/mol. The summed E-state index contributed by atoms with van der Waals surface area (Å²) in [7, 11) is 1.92. The molecule has 1 fully saturated rings. The average Bonchev–Trinajstić information content (AvgIpc) is 2.99. The standard InChI is InChI=1S/C12H17N5/c1-17-8-9(6-15-17)11-7-14-12(16-11)5-10-3-2-4-13-10/h6-8,10,13H,2-5H2,1H3,(H,14,16). The Morgan fingerprint density at radius 2 is 2.41 bits per heavy atom. The molecule has 5 nitrogen and oxygen atoms in total. The Balaban J connectivity index is 1.73. The van der Waals surface area contributed by atoms with E-state index in [4.69, 9.17) is 0 Å². The molecule has 1 aliphatic heterocycles. The van der Waals surface area contributed by atoms with Gasteiger partial charge in [-0.05, 0) is 19.4 Å².